The summed E-state index contributed by atoms with van der Waals surface area (Å²) < 4.78 is 6.61. The Hall–Kier alpha value is -0.280. The van der Waals surface area contributed by atoms with Crippen molar-refractivity contribution in [3.63, 3.8) is 0 Å². The van der Waals surface area contributed by atoms with Crippen molar-refractivity contribution < 1.29 is 4.74 Å². The van der Waals surface area contributed by atoms with E-state index in [0.29, 0.717) is 24.3 Å². The van der Waals surface area contributed by atoms with E-state index in [1.54, 1.807) is 6.20 Å². The van der Waals surface area contributed by atoms with E-state index in [4.69, 9.17) is 16.3 Å². The number of ether oxygens (including phenoxy) is 1. The average Bonchev–Trinajstić information content (AvgIpc) is 2.27. The molecule has 0 bridgehead atoms. The second-order valence-electron chi connectivity index (χ2n) is 3.96. The molecular weight excluding hydrogens is 289 g/mol. The summed E-state index contributed by atoms with van der Waals surface area (Å²) in [6, 6.07) is 1.94. The largest absolute Gasteiger partial charge is 0.477 e. The van der Waals surface area contributed by atoms with E-state index in [0.717, 1.165) is 10.0 Å². The topological polar surface area (TPSA) is 22.1 Å². The molecule has 2 nitrogen and oxygen atoms in total. The van der Waals surface area contributed by atoms with Crippen molar-refractivity contribution in [1.29, 1.82) is 0 Å². The van der Waals surface area contributed by atoms with Gasteiger partial charge in [-0.3, -0.25) is 0 Å². The number of pyridine rings is 1. The molecule has 1 rings (SSSR count). The van der Waals surface area contributed by atoms with Gasteiger partial charge in [0.2, 0.25) is 5.88 Å². The summed E-state index contributed by atoms with van der Waals surface area (Å²) in [6.07, 6.45) is 4.09. The highest BCUT2D eigenvalue weighted by atomic mass is 79.9. The predicted molar refractivity (Wildman–Crippen MR) is 71.1 cm³/mol. The molecule has 0 aliphatic heterocycles. The first-order valence-corrected chi connectivity index (χ1v) is 6.83. The molecule has 0 saturated heterocycles. The van der Waals surface area contributed by atoms with Crippen LogP contribution in [0.4, 0.5) is 0 Å². The number of hydrogen-bond donors (Lipinski definition) is 0. The Morgan fingerprint density at radius 2 is 2.31 bits per heavy atom. The Kier molecular flexibility index (Phi) is 6.14. The fourth-order valence-corrected chi connectivity index (χ4v) is 2.06. The monoisotopic (exact) mass is 305 g/mol. The van der Waals surface area contributed by atoms with Gasteiger partial charge < -0.3 is 4.74 Å². The minimum atomic E-state index is 0.421. The van der Waals surface area contributed by atoms with Crippen LogP contribution in [0.3, 0.4) is 0 Å². The molecule has 0 aromatic carbocycles. The van der Waals surface area contributed by atoms with E-state index in [9.17, 15) is 0 Å². The molecule has 0 amide bonds. The average molecular weight is 307 g/mol. The fraction of sp³-hybridized carbons (Fsp3) is 0.583. The molecule has 4 heteroatoms. The third-order valence-electron chi connectivity index (χ3n) is 2.32. The number of alkyl halides is 1. The summed E-state index contributed by atoms with van der Waals surface area (Å²) in [7, 11) is 0. The maximum Gasteiger partial charge on any atom is 0.217 e. The van der Waals surface area contributed by atoms with E-state index < -0.39 is 0 Å². The molecule has 1 aromatic rings. The van der Waals surface area contributed by atoms with E-state index in [1.807, 2.05) is 6.07 Å². The quantitative estimate of drug-likeness (QED) is 0.727. The molecule has 1 heterocycles. The Balaban J connectivity index is 2.59. The molecule has 0 saturated carbocycles. The second-order valence-corrected chi connectivity index (χ2v) is 5.14. The van der Waals surface area contributed by atoms with Gasteiger partial charge in [0.1, 0.15) is 0 Å². The van der Waals surface area contributed by atoms with E-state index in [1.165, 1.54) is 12.8 Å². The van der Waals surface area contributed by atoms with Crippen molar-refractivity contribution in [2.45, 2.75) is 32.6 Å². The zero-order valence-electron chi connectivity index (χ0n) is 9.67. The maximum absolute atomic E-state index is 5.84. The van der Waals surface area contributed by atoms with Gasteiger partial charge in [-0.1, -0.05) is 20.3 Å². The van der Waals surface area contributed by atoms with Crippen LogP contribution in [0.2, 0.25) is 0 Å². The van der Waals surface area contributed by atoms with E-state index in [2.05, 4.69) is 34.8 Å². The second kappa shape index (κ2) is 7.13. The highest BCUT2D eigenvalue weighted by Gasteiger charge is 2.07. The van der Waals surface area contributed by atoms with E-state index >= 15 is 0 Å². The molecule has 1 unspecified atom stereocenters. The Morgan fingerprint density at radius 1 is 1.56 bits per heavy atom. The minimum Gasteiger partial charge on any atom is -0.477 e. The first-order chi connectivity index (χ1) is 7.67. The summed E-state index contributed by atoms with van der Waals surface area (Å²) in [5.74, 6) is 1.63. The summed E-state index contributed by atoms with van der Waals surface area (Å²) >= 11 is 9.20. The summed E-state index contributed by atoms with van der Waals surface area (Å²) in [6.45, 7) is 5.06. The van der Waals surface area contributed by atoms with Crippen molar-refractivity contribution in [2.24, 2.45) is 5.92 Å². The molecule has 0 fully saturated rings. The number of rotatable bonds is 6. The maximum atomic E-state index is 5.84. The normalized spacial score (nSPS) is 12.5. The fourth-order valence-electron chi connectivity index (χ4n) is 1.49. The Labute approximate surface area is 110 Å². The zero-order valence-corrected chi connectivity index (χ0v) is 12.0. The highest BCUT2D eigenvalue weighted by molar-refractivity contribution is 9.10. The summed E-state index contributed by atoms with van der Waals surface area (Å²) in [5, 5.41) is 0. The SMILES string of the molecule is CCCC(C)COc1ncc(Br)cc1CCl. The lowest BCUT2D eigenvalue weighted by Gasteiger charge is -2.13. The Morgan fingerprint density at radius 3 is 2.94 bits per heavy atom. The molecule has 16 heavy (non-hydrogen) atoms. The molecule has 1 atom stereocenters. The van der Waals surface area contributed by atoms with Gasteiger partial charge in [-0.15, -0.1) is 11.6 Å². The third kappa shape index (κ3) is 4.30. The summed E-state index contributed by atoms with van der Waals surface area (Å²) in [4.78, 5) is 4.23. The van der Waals surface area contributed by atoms with Crippen LogP contribution >= 0.6 is 27.5 Å². The van der Waals surface area contributed by atoms with Crippen LogP contribution < -0.4 is 4.74 Å². The standard InChI is InChI=1S/C12H17BrClNO/c1-3-4-9(2)8-16-12-10(6-14)5-11(13)7-15-12/h5,7,9H,3-4,6,8H2,1-2H3. The van der Waals surface area contributed by atoms with Crippen LogP contribution in [-0.2, 0) is 5.88 Å². The molecule has 0 aliphatic carbocycles. The van der Waals surface area contributed by atoms with Gasteiger partial charge in [0.25, 0.3) is 0 Å². The van der Waals surface area contributed by atoms with E-state index in [-0.39, 0.29) is 0 Å². The zero-order chi connectivity index (χ0) is 12.0. The van der Waals surface area contributed by atoms with Gasteiger partial charge in [0.15, 0.2) is 0 Å². The van der Waals surface area contributed by atoms with Gasteiger partial charge in [-0.25, -0.2) is 4.98 Å². The third-order valence-corrected chi connectivity index (χ3v) is 3.04. The molecular formula is C12H17BrClNO. The lowest BCUT2D eigenvalue weighted by molar-refractivity contribution is 0.241. The Bertz CT molecular complexity index is 333. The number of aromatic nitrogens is 1. The van der Waals surface area contributed by atoms with Crippen molar-refractivity contribution in [1.82, 2.24) is 4.98 Å². The van der Waals surface area contributed by atoms with Gasteiger partial charge in [-0.05, 0) is 34.3 Å². The van der Waals surface area contributed by atoms with Gasteiger partial charge in [0, 0.05) is 16.2 Å². The first kappa shape index (κ1) is 13.8. The molecule has 0 radical (unpaired) electrons. The number of hydrogen-bond acceptors (Lipinski definition) is 2. The van der Waals surface area contributed by atoms with Gasteiger partial charge in [0.05, 0.1) is 12.5 Å². The van der Waals surface area contributed by atoms with Crippen molar-refractivity contribution >= 4 is 27.5 Å². The number of nitrogens with zero attached hydrogens (tertiary/aromatic N) is 1. The number of halogens is 2. The summed E-state index contributed by atoms with van der Waals surface area (Å²) in [5.41, 5.74) is 0.930. The molecule has 0 N–H and O–H groups in total. The van der Waals surface area contributed by atoms with Crippen LogP contribution in [-0.4, -0.2) is 11.6 Å². The van der Waals surface area contributed by atoms with Crippen molar-refractivity contribution in [2.75, 3.05) is 6.61 Å². The van der Waals surface area contributed by atoms with Crippen LogP contribution in [0, 0.1) is 5.92 Å². The van der Waals surface area contributed by atoms with Gasteiger partial charge >= 0.3 is 0 Å². The van der Waals surface area contributed by atoms with Crippen LogP contribution in [0.1, 0.15) is 32.3 Å². The lowest BCUT2D eigenvalue weighted by Crippen LogP contribution is -2.10. The molecule has 0 aliphatic rings. The smallest absolute Gasteiger partial charge is 0.217 e. The first-order valence-electron chi connectivity index (χ1n) is 5.50. The molecule has 1 aromatic heterocycles. The van der Waals surface area contributed by atoms with Crippen LogP contribution in [0.25, 0.3) is 0 Å². The van der Waals surface area contributed by atoms with Crippen LogP contribution in [0.15, 0.2) is 16.7 Å². The highest BCUT2D eigenvalue weighted by Crippen LogP contribution is 2.22. The lowest BCUT2D eigenvalue weighted by atomic mass is 10.1. The molecule has 90 valence electrons. The molecule has 0 spiro atoms. The van der Waals surface area contributed by atoms with Crippen molar-refractivity contribution in [3.05, 3.63) is 22.3 Å². The predicted octanol–water partition coefficient (Wildman–Crippen LogP) is 4.40. The minimum absolute atomic E-state index is 0.421. The van der Waals surface area contributed by atoms with Crippen LogP contribution in [0.5, 0.6) is 5.88 Å². The van der Waals surface area contributed by atoms with Gasteiger partial charge in [-0.2, -0.15) is 0 Å². The van der Waals surface area contributed by atoms with Crippen molar-refractivity contribution in [3.8, 4) is 5.88 Å².